The normalized spacial score (nSPS) is 21.9. The first-order valence-corrected chi connectivity index (χ1v) is 6.69. The zero-order valence-electron chi connectivity index (χ0n) is 11.6. The van der Waals surface area contributed by atoms with Crippen molar-refractivity contribution in [2.75, 3.05) is 13.1 Å². The van der Waals surface area contributed by atoms with Gasteiger partial charge in [0.05, 0.1) is 12.1 Å². The molecule has 18 heavy (non-hydrogen) atoms. The molecule has 5 heteroatoms. The van der Waals surface area contributed by atoms with Crippen LogP contribution in [0.1, 0.15) is 40.0 Å². The number of likely N-dealkylation sites (tertiary alicyclic amines) is 1. The molecule has 1 saturated heterocycles. The van der Waals surface area contributed by atoms with E-state index in [0.29, 0.717) is 5.92 Å². The second-order valence-electron chi connectivity index (χ2n) is 5.31. The van der Waals surface area contributed by atoms with Crippen molar-refractivity contribution >= 4 is 18.3 Å². The molecule has 1 rings (SSSR count). The number of carbonyl (C=O) groups is 1. The molecule has 0 saturated carbocycles. The van der Waals surface area contributed by atoms with Crippen LogP contribution >= 0.6 is 12.4 Å². The van der Waals surface area contributed by atoms with E-state index in [1.54, 1.807) is 0 Å². The van der Waals surface area contributed by atoms with E-state index in [0.717, 1.165) is 32.4 Å². The number of aliphatic hydroxyl groups excluding tert-OH is 1. The number of aliphatic hydroxyl groups is 1. The Balaban J connectivity index is 0.00000289. The standard InChI is InChI=1S/C13H26N2O2.ClH/c1-4-9(2)12(14)13(17)15-7-5-11(6-8-15)10(3)16;/h9-12,16H,4-8,14H2,1-3H3;1H. The van der Waals surface area contributed by atoms with Gasteiger partial charge in [-0.15, -0.1) is 12.4 Å². The zero-order valence-corrected chi connectivity index (χ0v) is 12.4. The third-order valence-corrected chi connectivity index (χ3v) is 4.08. The average molecular weight is 279 g/mol. The Morgan fingerprint density at radius 3 is 2.28 bits per heavy atom. The summed E-state index contributed by atoms with van der Waals surface area (Å²) in [5.41, 5.74) is 5.96. The van der Waals surface area contributed by atoms with Crippen molar-refractivity contribution in [3.05, 3.63) is 0 Å². The molecule has 0 aromatic carbocycles. The number of rotatable bonds is 4. The SMILES string of the molecule is CCC(C)C(N)C(=O)N1CCC(C(C)O)CC1.Cl. The molecule has 1 fully saturated rings. The second-order valence-corrected chi connectivity index (χ2v) is 5.31. The highest BCUT2D eigenvalue weighted by molar-refractivity contribution is 5.85. The summed E-state index contributed by atoms with van der Waals surface area (Å²) < 4.78 is 0. The first-order chi connectivity index (χ1) is 7.97. The van der Waals surface area contributed by atoms with Crippen molar-refractivity contribution in [2.45, 2.75) is 52.2 Å². The summed E-state index contributed by atoms with van der Waals surface area (Å²) in [6.07, 6.45) is 2.43. The van der Waals surface area contributed by atoms with Crippen LogP contribution in [0.2, 0.25) is 0 Å². The third kappa shape index (κ3) is 4.41. The van der Waals surface area contributed by atoms with Crippen molar-refractivity contribution in [3.63, 3.8) is 0 Å². The number of nitrogens with two attached hydrogens (primary N) is 1. The number of hydrogen-bond acceptors (Lipinski definition) is 3. The van der Waals surface area contributed by atoms with Crippen LogP contribution < -0.4 is 5.73 Å². The van der Waals surface area contributed by atoms with Gasteiger partial charge in [0.25, 0.3) is 0 Å². The zero-order chi connectivity index (χ0) is 13.0. The van der Waals surface area contributed by atoms with Gasteiger partial charge in [-0.3, -0.25) is 4.79 Å². The summed E-state index contributed by atoms with van der Waals surface area (Å²) in [5.74, 6) is 0.638. The minimum absolute atomic E-state index is 0. The van der Waals surface area contributed by atoms with E-state index in [9.17, 15) is 9.90 Å². The fraction of sp³-hybridized carbons (Fsp3) is 0.923. The molecule has 0 aromatic rings. The fourth-order valence-electron chi connectivity index (χ4n) is 2.31. The third-order valence-electron chi connectivity index (χ3n) is 4.08. The van der Waals surface area contributed by atoms with Crippen LogP contribution in [0.25, 0.3) is 0 Å². The largest absolute Gasteiger partial charge is 0.393 e. The first kappa shape index (κ1) is 17.7. The van der Waals surface area contributed by atoms with E-state index < -0.39 is 0 Å². The van der Waals surface area contributed by atoms with Crippen molar-refractivity contribution in [1.29, 1.82) is 0 Å². The molecule has 3 unspecified atom stereocenters. The predicted octanol–water partition coefficient (Wildman–Crippen LogP) is 1.40. The molecule has 0 aliphatic carbocycles. The molecule has 108 valence electrons. The van der Waals surface area contributed by atoms with Crippen molar-refractivity contribution in [1.82, 2.24) is 4.90 Å². The van der Waals surface area contributed by atoms with Crippen molar-refractivity contribution in [2.24, 2.45) is 17.6 Å². The first-order valence-electron chi connectivity index (χ1n) is 6.69. The van der Waals surface area contributed by atoms with E-state index in [4.69, 9.17) is 5.73 Å². The van der Waals surface area contributed by atoms with Gasteiger partial charge < -0.3 is 15.7 Å². The Labute approximate surface area is 116 Å². The Hall–Kier alpha value is -0.320. The highest BCUT2D eigenvalue weighted by atomic mass is 35.5. The van der Waals surface area contributed by atoms with Gasteiger partial charge in [-0.25, -0.2) is 0 Å². The van der Waals surface area contributed by atoms with E-state index in [-0.39, 0.29) is 36.4 Å². The Morgan fingerprint density at radius 2 is 1.89 bits per heavy atom. The molecular formula is C13H27ClN2O2. The van der Waals surface area contributed by atoms with E-state index >= 15 is 0 Å². The maximum Gasteiger partial charge on any atom is 0.239 e. The minimum atomic E-state index is -0.372. The summed E-state index contributed by atoms with van der Waals surface area (Å²) >= 11 is 0. The van der Waals surface area contributed by atoms with E-state index in [1.165, 1.54) is 0 Å². The summed E-state index contributed by atoms with van der Waals surface area (Å²) in [4.78, 5) is 14.0. The van der Waals surface area contributed by atoms with E-state index in [2.05, 4.69) is 6.92 Å². The van der Waals surface area contributed by atoms with Crippen LogP contribution in [0.4, 0.5) is 0 Å². The van der Waals surface area contributed by atoms with Gasteiger partial charge >= 0.3 is 0 Å². The highest BCUT2D eigenvalue weighted by Crippen LogP contribution is 2.21. The highest BCUT2D eigenvalue weighted by Gasteiger charge is 2.29. The Morgan fingerprint density at radius 1 is 1.39 bits per heavy atom. The topological polar surface area (TPSA) is 66.6 Å². The molecule has 0 spiro atoms. The Bertz CT molecular complexity index is 253. The van der Waals surface area contributed by atoms with Gasteiger partial charge in [-0.1, -0.05) is 20.3 Å². The summed E-state index contributed by atoms with van der Waals surface area (Å²) in [6.45, 7) is 7.37. The van der Waals surface area contributed by atoms with E-state index in [1.807, 2.05) is 18.7 Å². The lowest BCUT2D eigenvalue weighted by Crippen LogP contribution is -2.50. The second kappa shape index (κ2) is 7.97. The molecule has 4 nitrogen and oxygen atoms in total. The van der Waals surface area contributed by atoms with Crippen LogP contribution in [-0.2, 0) is 4.79 Å². The monoisotopic (exact) mass is 278 g/mol. The van der Waals surface area contributed by atoms with Crippen LogP contribution in [0.15, 0.2) is 0 Å². The van der Waals surface area contributed by atoms with Crippen molar-refractivity contribution in [3.8, 4) is 0 Å². The quantitative estimate of drug-likeness (QED) is 0.817. The molecule has 1 aliphatic heterocycles. The molecule has 0 aromatic heterocycles. The smallest absolute Gasteiger partial charge is 0.239 e. The van der Waals surface area contributed by atoms with Crippen LogP contribution in [0.5, 0.6) is 0 Å². The summed E-state index contributed by atoms with van der Waals surface area (Å²) in [5, 5.41) is 9.51. The van der Waals surface area contributed by atoms with Gasteiger partial charge in [0.1, 0.15) is 0 Å². The van der Waals surface area contributed by atoms with Crippen LogP contribution in [-0.4, -0.2) is 41.1 Å². The lowest BCUT2D eigenvalue weighted by Gasteiger charge is -2.35. The molecule has 0 radical (unpaired) electrons. The number of halogens is 1. The van der Waals surface area contributed by atoms with Gasteiger partial charge in [-0.05, 0) is 31.6 Å². The summed E-state index contributed by atoms with van der Waals surface area (Å²) in [7, 11) is 0. The number of hydrogen-bond donors (Lipinski definition) is 2. The minimum Gasteiger partial charge on any atom is -0.393 e. The van der Waals surface area contributed by atoms with Crippen LogP contribution in [0.3, 0.4) is 0 Å². The number of amides is 1. The lowest BCUT2D eigenvalue weighted by atomic mass is 9.91. The molecular weight excluding hydrogens is 252 g/mol. The Kier molecular flexibility index (Phi) is 7.83. The van der Waals surface area contributed by atoms with Gasteiger partial charge in [-0.2, -0.15) is 0 Å². The average Bonchev–Trinajstić information content (AvgIpc) is 2.36. The maximum atomic E-state index is 12.1. The number of piperidine rings is 1. The molecule has 1 amide bonds. The number of carbonyl (C=O) groups excluding carboxylic acids is 1. The van der Waals surface area contributed by atoms with Crippen molar-refractivity contribution < 1.29 is 9.90 Å². The van der Waals surface area contributed by atoms with Gasteiger partial charge in [0, 0.05) is 13.1 Å². The molecule has 3 N–H and O–H groups in total. The molecule has 1 heterocycles. The summed E-state index contributed by atoms with van der Waals surface area (Å²) in [6, 6.07) is -0.372. The van der Waals surface area contributed by atoms with Crippen LogP contribution in [0, 0.1) is 11.8 Å². The molecule has 0 bridgehead atoms. The van der Waals surface area contributed by atoms with Gasteiger partial charge in [0.2, 0.25) is 5.91 Å². The maximum absolute atomic E-state index is 12.1. The molecule has 1 aliphatic rings. The fourth-order valence-corrected chi connectivity index (χ4v) is 2.31. The molecule has 3 atom stereocenters. The van der Waals surface area contributed by atoms with Gasteiger partial charge in [0.15, 0.2) is 0 Å². The number of nitrogens with zero attached hydrogens (tertiary/aromatic N) is 1. The predicted molar refractivity (Wildman–Crippen MR) is 75.7 cm³/mol. The lowest BCUT2D eigenvalue weighted by molar-refractivity contribution is -0.135.